The SMILES string of the molecule is COC(=O)c1ccccc1S(=O)(=O)N1CCC(C(=O)N[C@@H](c2cccs2)C(C)C)CC1. The number of hydrogen-bond donors (Lipinski definition) is 1. The lowest BCUT2D eigenvalue weighted by molar-refractivity contribution is -0.127. The van der Waals surface area contributed by atoms with Gasteiger partial charge in [-0.05, 0) is 42.3 Å². The van der Waals surface area contributed by atoms with Crippen LogP contribution in [0, 0.1) is 11.8 Å². The predicted molar refractivity (Wildman–Crippen MR) is 119 cm³/mol. The van der Waals surface area contributed by atoms with E-state index >= 15 is 0 Å². The zero-order chi connectivity index (χ0) is 22.6. The third-order valence-corrected chi connectivity index (χ3v) is 8.46. The average molecular weight is 465 g/mol. The van der Waals surface area contributed by atoms with Gasteiger partial charge in [-0.3, -0.25) is 4.79 Å². The van der Waals surface area contributed by atoms with Crippen LogP contribution in [0.4, 0.5) is 0 Å². The maximum atomic E-state index is 13.1. The van der Waals surface area contributed by atoms with Crippen molar-refractivity contribution in [1.82, 2.24) is 9.62 Å². The van der Waals surface area contributed by atoms with Crippen molar-refractivity contribution in [2.24, 2.45) is 11.8 Å². The Labute approximate surface area is 187 Å². The fraction of sp³-hybridized carbons (Fsp3) is 0.455. The van der Waals surface area contributed by atoms with Crippen molar-refractivity contribution >= 4 is 33.2 Å². The second-order valence-electron chi connectivity index (χ2n) is 7.91. The van der Waals surface area contributed by atoms with Crippen LogP contribution in [0.5, 0.6) is 0 Å². The van der Waals surface area contributed by atoms with Gasteiger partial charge in [0.2, 0.25) is 15.9 Å². The molecule has 0 aliphatic carbocycles. The van der Waals surface area contributed by atoms with Crippen LogP contribution in [-0.2, 0) is 19.6 Å². The van der Waals surface area contributed by atoms with E-state index in [-0.39, 0.29) is 47.3 Å². The first-order chi connectivity index (χ1) is 14.8. The summed E-state index contributed by atoms with van der Waals surface area (Å²) in [6.07, 6.45) is 0.863. The zero-order valence-corrected chi connectivity index (χ0v) is 19.5. The van der Waals surface area contributed by atoms with Gasteiger partial charge in [0.1, 0.15) is 0 Å². The first kappa shape index (κ1) is 23.4. The molecule has 0 bridgehead atoms. The molecule has 1 saturated heterocycles. The van der Waals surface area contributed by atoms with Crippen LogP contribution >= 0.6 is 11.3 Å². The molecule has 0 saturated carbocycles. The number of esters is 1. The fourth-order valence-electron chi connectivity index (χ4n) is 3.77. The number of piperidine rings is 1. The number of nitrogens with zero attached hydrogens (tertiary/aromatic N) is 1. The van der Waals surface area contributed by atoms with Crippen molar-refractivity contribution < 1.29 is 22.7 Å². The van der Waals surface area contributed by atoms with Crippen molar-refractivity contribution in [3.05, 3.63) is 52.2 Å². The predicted octanol–water partition coefficient (Wildman–Crippen LogP) is 3.45. The quantitative estimate of drug-likeness (QED) is 0.634. The number of amides is 1. The number of sulfonamides is 1. The molecule has 31 heavy (non-hydrogen) atoms. The van der Waals surface area contributed by atoms with Crippen molar-refractivity contribution in [2.45, 2.75) is 37.6 Å². The molecule has 168 valence electrons. The molecule has 0 spiro atoms. The molecule has 1 aromatic carbocycles. The third kappa shape index (κ3) is 5.16. The number of methoxy groups -OCH3 is 1. The molecule has 1 N–H and O–H groups in total. The summed E-state index contributed by atoms with van der Waals surface area (Å²) in [5.41, 5.74) is 0.0144. The first-order valence-corrected chi connectivity index (χ1v) is 12.6. The van der Waals surface area contributed by atoms with E-state index < -0.39 is 16.0 Å². The lowest BCUT2D eigenvalue weighted by Crippen LogP contribution is -2.44. The Morgan fingerprint density at radius 2 is 1.81 bits per heavy atom. The Bertz CT molecular complexity index is 1010. The number of hydrogen-bond acceptors (Lipinski definition) is 6. The molecule has 2 heterocycles. The average Bonchev–Trinajstić information content (AvgIpc) is 3.31. The van der Waals surface area contributed by atoms with Gasteiger partial charge in [-0.2, -0.15) is 4.31 Å². The maximum absolute atomic E-state index is 13.1. The highest BCUT2D eigenvalue weighted by Crippen LogP contribution is 2.29. The number of ether oxygens (including phenoxy) is 1. The summed E-state index contributed by atoms with van der Waals surface area (Å²) >= 11 is 1.61. The lowest BCUT2D eigenvalue weighted by atomic mass is 9.95. The molecule has 7 nitrogen and oxygen atoms in total. The fourth-order valence-corrected chi connectivity index (χ4v) is 6.37. The van der Waals surface area contributed by atoms with Gasteiger partial charge in [0.05, 0.1) is 23.6 Å². The highest BCUT2D eigenvalue weighted by atomic mass is 32.2. The highest BCUT2D eigenvalue weighted by Gasteiger charge is 2.35. The number of carbonyl (C=O) groups excluding carboxylic acids is 2. The highest BCUT2D eigenvalue weighted by molar-refractivity contribution is 7.89. The van der Waals surface area contributed by atoms with Gasteiger partial charge in [0.25, 0.3) is 0 Å². The molecule has 1 amide bonds. The Kier molecular flexibility index (Phi) is 7.51. The molecule has 9 heteroatoms. The molecular formula is C22H28N2O5S2. The lowest BCUT2D eigenvalue weighted by Gasteiger charge is -2.32. The van der Waals surface area contributed by atoms with Gasteiger partial charge in [-0.15, -0.1) is 11.3 Å². The smallest absolute Gasteiger partial charge is 0.339 e. The van der Waals surface area contributed by atoms with Gasteiger partial charge in [-0.25, -0.2) is 13.2 Å². The van der Waals surface area contributed by atoms with Crippen LogP contribution in [0.3, 0.4) is 0 Å². The second kappa shape index (κ2) is 9.93. The van der Waals surface area contributed by atoms with Crippen molar-refractivity contribution in [1.29, 1.82) is 0 Å². The third-order valence-electron chi connectivity index (χ3n) is 5.55. The van der Waals surface area contributed by atoms with E-state index in [1.54, 1.807) is 23.5 Å². The van der Waals surface area contributed by atoms with E-state index in [1.165, 1.54) is 23.5 Å². The summed E-state index contributed by atoms with van der Waals surface area (Å²) in [5, 5.41) is 5.14. The van der Waals surface area contributed by atoms with Crippen LogP contribution in [0.15, 0.2) is 46.7 Å². The monoisotopic (exact) mass is 464 g/mol. The van der Waals surface area contributed by atoms with E-state index in [9.17, 15) is 18.0 Å². The Balaban J connectivity index is 1.68. The number of carbonyl (C=O) groups is 2. The summed E-state index contributed by atoms with van der Waals surface area (Å²) in [6, 6.07) is 9.96. The minimum Gasteiger partial charge on any atom is -0.465 e. The van der Waals surface area contributed by atoms with E-state index in [1.807, 2.05) is 17.5 Å². The normalized spacial score (nSPS) is 16.8. The molecule has 1 atom stereocenters. The summed E-state index contributed by atoms with van der Waals surface area (Å²) < 4.78 is 32.4. The minimum atomic E-state index is -3.87. The number of benzene rings is 1. The molecule has 0 unspecified atom stereocenters. The van der Waals surface area contributed by atoms with Crippen molar-refractivity contribution in [2.75, 3.05) is 20.2 Å². The topological polar surface area (TPSA) is 92.8 Å². The van der Waals surface area contributed by atoms with Gasteiger partial charge in [0.15, 0.2) is 0 Å². The standard InChI is InChI=1S/C22H28N2O5S2/c1-15(2)20(18-8-6-14-30-18)23-21(25)16-10-12-24(13-11-16)31(27,28)19-9-5-4-7-17(19)22(26)29-3/h4-9,14-16,20H,10-13H2,1-3H3,(H,23,25)/t20-/m1/s1. The van der Waals surface area contributed by atoms with Crippen LogP contribution in [0.2, 0.25) is 0 Å². The number of nitrogens with one attached hydrogen (secondary N) is 1. The van der Waals surface area contributed by atoms with Gasteiger partial charge >= 0.3 is 5.97 Å². The molecule has 2 aromatic rings. The van der Waals surface area contributed by atoms with Crippen LogP contribution in [0.25, 0.3) is 0 Å². The summed E-state index contributed by atoms with van der Waals surface area (Å²) in [5.74, 6) is -0.734. The molecule has 1 aliphatic rings. The van der Waals surface area contributed by atoms with E-state index in [4.69, 9.17) is 4.74 Å². The molecule has 1 fully saturated rings. The number of rotatable bonds is 7. The van der Waals surface area contributed by atoms with Gasteiger partial charge < -0.3 is 10.1 Å². The summed E-state index contributed by atoms with van der Waals surface area (Å²) in [7, 11) is -2.65. The zero-order valence-electron chi connectivity index (χ0n) is 17.9. The van der Waals surface area contributed by atoms with Crippen molar-refractivity contribution in [3.63, 3.8) is 0 Å². The van der Waals surface area contributed by atoms with E-state index in [2.05, 4.69) is 19.2 Å². The van der Waals surface area contributed by atoms with Crippen LogP contribution < -0.4 is 5.32 Å². The molecule has 3 rings (SSSR count). The molecule has 1 aliphatic heterocycles. The minimum absolute atomic E-state index is 0.0144. The first-order valence-electron chi connectivity index (χ1n) is 10.3. The van der Waals surface area contributed by atoms with E-state index in [0.717, 1.165) is 4.88 Å². The van der Waals surface area contributed by atoms with Gasteiger partial charge in [0, 0.05) is 23.9 Å². The van der Waals surface area contributed by atoms with Gasteiger partial charge in [-0.1, -0.05) is 32.0 Å². The Morgan fingerprint density at radius 1 is 1.13 bits per heavy atom. The van der Waals surface area contributed by atoms with Crippen molar-refractivity contribution in [3.8, 4) is 0 Å². The largest absolute Gasteiger partial charge is 0.465 e. The van der Waals surface area contributed by atoms with Crippen LogP contribution in [0.1, 0.15) is 48.0 Å². The summed E-state index contributed by atoms with van der Waals surface area (Å²) in [6.45, 7) is 4.58. The molecule has 0 radical (unpaired) electrons. The Hall–Kier alpha value is -2.23. The summed E-state index contributed by atoms with van der Waals surface area (Å²) in [4.78, 5) is 25.9. The Morgan fingerprint density at radius 3 is 2.39 bits per heavy atom. The maximum Gasteiger partial charge on any atom is 0.339 e. The second-order valence-corrected chi connectivity index (χ2v) is 10.8. The number of thiophene rings is 1. The van der Waals surface area contributed by atoms with Crippen LogP contribution in [-0.4, -0.2) is 44.8 Å². The molecule has 1 aromatic heterocycles. The van der Waals surface area contributed by atoms with E-state index in [0.29, 0.717) is 12.8 Å². The molecular weight excluding hydrogens is 436 g/mol.